The largest absolute Gasteiger partial charge is 0.478 e. The maximum Gasteiger partial charge on any atom is 0.332 e. The molecular formula is C23H26N2O6. The Morgan fingerprint density at radius 1 is 1.23 bits per heavy atom. The molecule has 0 aliphatic heterocycles. The number of aromatic nitrogens is 2. The van der Waals surface area contributed by atoms with Gasteiger partial charge in [0.15, 0.2) is 17.5 Å². The van der Waals surface area contributed by atoms with Crippen LogP contribution in [0.15, 0.2) is 42.6 Å². The summed E-state index contributed by atoms with van der Waals surface area (Å²) in [7, 11) is 1.57. The Labute approximate surface area is 180 Å². The quantitative estimate of drug-likeness (QED) is 0.415. The van der Waals surface area contributed by atoms with E-state index in [-0.39, 0.29) is 13.2 Å². The van der Waals surface area contributed by atoms with Crippen LogP contribution in [0.5, 0.6) is 5.75 Å². The molecule has 0 spiro atoms. The summed E-state index contributed by atoms with van der Waals surface area (Å²) in [5.41, 5.74) is 4.12. The summed E-state index contributed by atoms with van der Waals surface area (Å²) < 4.78 is 24.1. The lowest BCUT2D eigenvalue weighted by Gasteiger charge is -2.22. The van der Waals surface area contributed by atoms with E-state index in [4.69, 9.17) is 18.9 Å². The molecule has 0 bridgehead atoms. The van der Waals surface area contributed by atoms with Gasteiger partial charge < -0.3 is 24.1 Å². The zero-order valence-corrected chi connectivity index (χ0v) is 17.6. The first-order valence-corrected chi connectivity index (χ1v) is 10.2. The van der Waals surface area contributed by atoms with Gasteiger partial charge in [0.1, 0.15) is 12.7 Å². The topological polar surface area (TPSA) is 91.5 Å². The number of carbonyl (C=O) groups excluding carboxylic acids is 1. The Morgan fingerprint density at radius 2 is 2.06 bits per heavy atom. The monoisotopic (exact) mass is 426 g/mol. The molecule has 2 unspecified atom stereocenters. The molecule has 0 saturated heterocycles. The number of ether oxygens (including phenoxy) is 4. The normalized spacial score (nSPS) is 17.6. The highest BCUT2D eigenvalue weighted by Gasteiger charge is 2.37. The van der Waals surface area contributed by atoms with Crippen molar-refractivity contribution in [2.45, 2.75) is 32.2 Å². The highest BCUT2D eigenvalue weighted by molar-refractivity contribution is 5.71. The van der Waals surface area contributed by atoms with Gasteiger partial charge in [-0.1, -0.05) is 24.3 Å². The minimum absolute atomic E-state index is 0.119. The van der Waals surface area contributed by atoms with E-state index in [1.54, 1.807) is 7.11 Å². The molecule has 0 saturated carbocycles. The first kappa shape index (κ1) is 21.3. The van der Waals surface area contributed by atoms with Crippen molar-refractivity contribution in [1.82, 2.24) is 9.38 Å². The molecule has 0 fully saturated rings. The van der Waals surface area contributed by atoms with E-state index in [2.05, 4.69) is 4.98 Å². The molecule has 0 amide bonds. The Kier molecular flexibility index (Phi) is 6.50. The number of pyridine rings is 1. The summed E-state index contributed by atoms with van der Waals surface area (Å²) in [5, 5.41) is 9.68. The summed E-state index contributed by atoms with van der Waals surface area (Å²) in [5.74, 6) is 0.115. The molecule has 31 heavy (non-hydrogen) atoms. The second-order valence-electron chi connectivity index (χ2n) is 7.38. The molecule has 1 N–H and O–H groups in total. The fraction of sp³-hybridized carbons (Fsp3) is 0.391. The number of hydrogen-bond acceptors (Lipinski definition) is 7. The average molecular weight is 426 g/mol. The van der Waals surface area contributed by atoms with Crippen LogP contribution >= 0.6 is 0 Å². The lowest BCUT2D eigenvalue weighted by Crippen LogP contribution is -2.28. The predicted molar refractivity (Wildman–Crippen MR) is 112 cm³/mol. The van der Waals surface area contributed by atoms with Crippen LogP contribution in [0, 0.1) is 6.92 Å². The highest BCUT2D eigenvalue weighted by atomic mass is 16.6. The Morgan fingerprint density at radius 3 is 2.87 bits per heavy atom. The smallest absolute Gasteiger partial charge is 0.332 e. The van der Waals surface area contributed by atoms with Gasteiger partial charge in [-0.25, -0.2) is 9.78 Å². The lowest BCUT2D eigenvalue weighted by atomic mass is 10.1. The predicted octanol–water partition coefficient (Wildman–Crippen LogP) is 2.39. The van der Waals surface area contributed by atoms with Crippen LogP contribution in [-0.2, 0) is 32.0 Å². The van der Waals surface area contributed by atoms with E-state index in [0.717, 1.165) is 16.8 Å². The van der Waals surface area contributed by atoms with Crippen LogP contribution in [0.2, 0.25) is 0 Å². The molecule has 4 rings (SSSR count). The number of aliphatic hydroxyl groups excluding tert-OH is 1. The van der Waals surface area contributed by atoms with E-state index >= 15 is 0 Å². The lowest BCUT2D eigenvalue weighted by molar-refractivity contribution is -0.158. The van der Waals surface area contributed by atoms with Crippen LogP contribution in [0.1, 0.15) is 28.6 Å². The standard InChI is InChI=1S/C23H26N2O6/c1-15-18(13-26)25-9-5-8-19(23(25)24-15)31-22-17-7-4-3-6-16(17)12-20(22)30-21(27)14-29-11-10-28-2/h3-9,20,22,26H,10-14H2,1-2H3. The summed E-state index contributed by atoms with van der Waals surface area (Å²) in [4.78, 5) is 16.9. The van der Waals surface area contributed by atoms with Crippen molar-refractivity contribution >= 4 is 11.6 Å². The third kappa shape index (κ3) is 4.41. The van der Waals surface area contributed by atoms with Crippen LogP contribution in [0.25, 0.3) is 5.65 Å². The molecule has 1 aliphatic carbocycles. The molecular weight excluding hydrogens is 400 g/mol. The first-order chi connectivity index (χ1) is 15.1. The summed E-state index contributed by atoms with van der Waals surface area (Å²) in [6.45, 7) is 2.33. The number of nitrogens with zero attached hydrogens (tertiary/aromatic N) is 2. The number of fused-ring (bicyclic) bond motifs is 2. The number of rotatable bonds is 9. The van der Waals surface area contributed by atoms with Crippen molar-refractivity contribution in [2.75, 3.05) is 26.9 Å². The number of benzene rings is 1. The Bertz CT molecular complexity index is 1060. The van der Waals surface area contributed by atoms with Gasteiger partial charge in [-0.3, -0.25) is 4.40 Å². The van der Waals surface area contributed by atoms with E-state index in [0.29, 0.717) is 36.7 Å². The van der Waals surface area contributed by atoms with Gasteiger partial charge in [-0.05, 0) is 30.2 Å². The van der Waals surface area contributed by atoms with Crippen molar-refractivity contribution in [3.63, 3.8) is 0 Å². The summed E-state index contributed by atoms with van der Waals surface area (Å²) >= 11 is 0. The molecule has 0 radical (unpaired) electrons. The molecule has 1 aromatic carbocycles. The summed E-state index contributed by atoms with van der Waals surface area (Å²) in [6.07, 6.45) is 1.44. The van der Waals surface area contributed by atoms with Gasteiger partial charge in [-0.15, -0.1) is 0 Å². The van der Waals surface area contributed by atoms with Crippen molar-refractivity contribution in [3.05, 3.63) is 65.1 Å². The Balaban J connectivity index is 1.57. The molecule has 1 aliphatic rings. The number of hydrogen-bond donors (Lipinski definition) is 1. The highest BCUT2D eigenvalue weighted by Crippen LogP contribution is 2.38. The maximum atomic E-state index is 12.3. The average Bonchev–Trinajstić information content (AvgIpc) is 3.28. The molecule has 2 atom stereocenters. The molecule has 2 heterocycles. The number of aryl methyl sites for hydroxylation is 1. The SMILES string of the molecule is COCCOCC(=O)OC1Cc2ccccc2C1Oc1cccn2c(CO)c(C)nc12. The van der Waals surface area contributed by atoms with Crippen molar-refractivity contribution in [3.8, 4) is 5.75 Å². The second kappa shape index (κ2) is 9.47. The third-order valence-electron chi connectivity index (χ3n) is 5.37. The number of carbonyl (C=O) groups is 1. The van der Waals surface area contributed by atoms with Crippen molar-refractivity contribution in [2.24, 2.45) is 0 Å². The fourth-order valence-electron chi connectivity index (χ4n) is 3.89. The maximum absolute atomic E-state index is 12.3. The third-order valence-corrected chi connectivity index (χ3v) is 5.37. The van der Waals surface area contributed by atoms with Gasteiger partial charge in [0.05, 0.1) is 31.2 Å². The number of imidazole rings is 1. The van der Waals surface area contributed by atoms with Gasteiger partial charge >= 0.3 is 5.97 Å². The zero-order valence-electron chi connectivity index (χ0n) is 17.6. The van der Waals surface area contributed by atoms with E-state index in [1.165, 1.54) is 0 Å². The summed E-state index contributed by atoms with van der Waals surface area (Å²) in [6, 6.07) is 11.6. The van der Waals surface area contributed by atoms with Crippen LogP contribution in [0.4, 0.5) is 0 Å². The van der Waals surface area contributed by atoms with Crippen LogP contribution in [0.3, 0.4) is 0 Å². The molecule has 3 aromatic rings. The Hall–Kier alpha value is -2.94. The van der Waals surface area contributed by atoms with Crippen LogP contribution < -0.4 is 4.74 Å². The van der Waals surface area contributed by atoms with E-state index in [1.807, 2.05) is 53.9 Å². The van der Waals surface area contributed by atoms with E-state index in [9.17, 15) is 9.90 Å². The van der Waals surface area contributed by atoms with Crippen molar-refractivity contribution in [1.29, 1.82) is 0 Å². The second-order valence-corrected chi connectivity index (χ2v) is 7.38. The number of esters is 1. The van der Waals surface area contributed by atoms with Crippen molar-refractivity contribution < 1.29 is 28.8 Å². The van der Waals surface area contributed by atoms with E-state index < -0.39 is 18.2 Å². The van der Waals surface area contributed by atoms with Gasteiger partial charge in [-0.2, -0.15) is 0 Å². The minimum Gasteiger partial charge on any atom is -0.478 e. The van der Waals surface area contributed by atoms with Gasteiger partial charge in [0.2, 0.25) is 0 Å². The molecule has 8 heteroatoms. The number of methoxy groups -OCH3 is 1. The first-order valence-electron chi connectivity index (χ1n) is 10.2. The minimum atomic E-state index is -0.482. The molecule has 8 nitrogen and oxygen atoms in total. The molecule has 164 valence electrons. The van der Waals surface area contributed by atoms with Gasteiger partial charge in [0.25, 0.3) is 0 Å². The van der Waals surface area contributed by atoms with Gasteiger partial charge in [0, 0.05) is 19.7 Å². The number of aliphatic hydroxyl groups is 1. The molecule has 2 aromatic heterocycles. The fourth-order valence-corrected chi connectivity index (χ4v) is 3.89. The van der Waals surface area contributed by atoms with Crippen LogP contribution in [-0.4, -0.2) is 53.5 Å². The zero-order chi connectivity index (χ0) is 21.8.